The lowest BCUT2D eigenvalue weighted by molar-refractivity contribution is -0.140. The molecule has 0 aromatic heterocycles. The maximum absolute atomic E-state index is 12.3. The molecule has 2 spiro atoms. The van der Waals surface area contributed by atoms with Gasteiger partial charge in [-0.25, -0.2) is 0 Å². The first kappa shape index (κ1) is 28.3. The second kappa shape index (κ2) is 8.10. The highest BCUT2D eigenvalue weighted by atomic mass is 16.5. The van der Waals surface area contributed by atoms with Gasteiger partial charge < -0.3 is 4.74 Å². The molecule has 56 heavy (non-hydrogen) atoms. The Morgan fingerprint density at radius 3 is 2.25 bits per heavy atom. The van der Waals surface area contributed by atoms with Crippen molar-refractivity contribution in [2.24, 2.45) is 23.7 Å². The SMILES string of the molecule is COC(=O)CCCCCC1(c2ccccc2)C23c4c5c6c7c8c4=C4CCC=8C8C=CC9C%10CCC%11C%12=c%13c%14c(c-5c5c-6c(c%10c%11c%135)C9C78)C12C(CCC43)C=%14CC%12. The summed E-state index contributed by atoms with van der Waals surface area (Å²) < 4.78 is 5.12. The van der Waals surface area contributed by atoms with Crippen molar-refractivity contribution in [3.05, 3.63) is 102 Å². The molecular formula is C54H44O2. The van der Waals surface area contributed by atoms with Crippen molar-refractivity contribution in [2.45, 2.75) is 123 Å². The molecule has 0 amide bonds. The summed E-state index contributed by atoms with van der Waals surface area (Å²) in [5, 5.41) is 10.9. The van der Waals surface area contributed by atoms with Gasteiger partial charge in [0.05, 0.1) is 7.11 Å². The predicted molar refractivity (Wildman–Crippen MR) is 218 cm³/mol. The van der Waals surface area contributed by atoms with Crippen molar-refractivity contribution in [1.82, 2.24) is 0 Å². The van der Waals surface area contributed by atoms with Crippen LogP contribution in [-0.2, 0) is 25.8 Å². The Morgan fingerprint density at radius 2 is 1.43 bits per heavy atom. The number of rotatable bonds is 7. The number of methoxy groups -OCH3 is 1. The van der Waals surface area contributed by atoms with Gasteiger partial charge in [-0.1, -0.05) is 77.6 Å². The van der Waals surface area contributed by atoms with Crippen molar-refractivity contribution in [2.75, 3.05) is 7.11 Å². The number of fused-ring (bicyclic) bond motifs is 5. The van der Waals surface area contributed by atoms with E-state index in [2.05, 4.69) is 42.5 Å². The van der Waals surface area contributed by atoms with Crippen LogP contribution in [0.2, 0.25) is 0 Å². The topological polar surface area (TPSA) is 26.3 Å². The average molecular weight is 725 g/mol. The average Bonchev–Trinajstić information content (AvgIpc) is 3.88. The number of ether oxygens (including phenoxy) is 1. The molecule has 2 fully saturated rings. The van der Waals surface area contributed by atoms with E-state index in [1.165, 1.54) is 64.2 Å². The van der Waals surface area contributed by atoms with Crippen LogP contribution in [0.1, 0.15) is 146 Å². The third-order valence-corrected chi connectivity index (χ3v) is 20.9. The molecule has 14 aliphatic rings. The van der Waals surface area contributed by atoms with E-state index in [0.29, 0.717) is 47.8 Å². The second-order valence-corrected chi connectivity index (χ2v) is 21.2. The fourth-order valence-electron chi connectivity index (χ4n) is 20.6. The van der Waals surface area contributed by atoms with Gasteiger partial charge in [0.1, 0.15) is 0 Å². The minimum atomic E-state index is -0.0506. The molecule has 272 valence electrons. The Morgan fingerprint density at radius 1 is 0.661 bits per heavy atom. The van der Waals surface area contributed by atoms with Gasteiger partial charge in [-0.2, -0.15) is 0 Å². The zero-order chi connectivity index (χ0) is 35.7. The van der Waals surface area contributed by atoms with E-state index in [1.807, 2.05) is 98.8 Å². The lowest BCUT2D eigenvalue weighted by atomic mass is 9.59. The lowest BCUT2D eigenvalue weighted by Crippen LogP contribution is -2.42. The Bertz CT molecular complexity index is 3190. The molecule has 14 aliphatic carbocycles. The Kier molecular flexibility index (Phi) is 4.09. The van der Waals surface area contributed by atoms with Gasteiger partial charge in [0.2, 0.25) is 0 Å². The molecule has 0 bridgehead atoms. The van der Waals surface area contributed by atoms with E-state index in [0.717, 1.165) is 18.8 Å². The Hall–Kier alpha value is -4.17. The summed E-state index contributed by atoms with van der Waals surface area (Å²) in [6.45, 7) is 0. The van der Waals surface area contributed by atoms with Crippen LogP contribution >= 0.6 is 0 Å². The number of allylic oxidation sites excluding steroid dienone is 2. The molecule has 11 atom stereocenters. The van der Waals surface area contributed by atoms with Gasteiger partial charge in [-0.05, 0) is 187 Å². The molecule has 0 saturated heterocycles. The van der Waals surface area contributed by atoms with Gasteiger partial charge in [-0.3, -0.25) is 4.79 Å². The van der Waals surface area contributed by atoms with Crippen LogP contribution in [0.25, 0.3) is 55.3 Å². The number of carbonyl (C=O) groups is 1. The summed E-state index contributed by atoms with van der Waals surface area (Å²) in [6, 6.07) is 12.3. The smallest absolute Gasteiger partial charge is 0.305 e. The van der Waals surface area contributed by atoms with E-state index < -0.39 is 0 Å². The number of unbranched alkanes of at least 4 members (excludes halogenated alkanes) is 2. The third-order valence-electron chi connectivity index (χ3n) is 20.9. The van der Waals surface area contributed by atoms with Gasteiger partial charge >= 0.3 is 5.97 Å². The number of carbonyl (C=O) groups excluding carboxylic acids is 1. The highest BCUT2D eigenvalue weighted by Gasteiger charge is 2.96. The monoisotopic (exact) mass is 724 g/mol. The largest absolute Gasteiger partial charge is 0.469 e. The van der Waals surface area contributed by atoms with Gasteiger partial charge in [0, 0.05) is 40.4 Å². The zero-order valence-electron chi connectivity index (χ0n) is 32.2. The molecule has 4 aromatic rings. The quantitative estimate of drug-likeness (QED) is 0.0960. The first-order chi connectivity index (χ1) is 27.7. The molecule has 0 radical (unpaired) electrons. The second-order valence-electron chi connectivity index (χ2n) is 21.2. The van der Waals surface area contributed by atoms with Crippen molar-refractivity contribution in [1.29, 1.82) is 0 Å². The minimum Gasteiger partial charge on any atom is -0.469 e. The van der Waals surface area contributed by atoms with Crippen LogP contribution < -0.4 is 20.9 Å². The van der Waals surface area contributed by atoms with Crippen LogP contribution in [0.4, 0.5) is 0 Å². The molecule has 0 heterocycles. The normalized spacial score (nSPS) is 40.1. The highest BCUT2D eigenvalue weighted by Crippen LogP contribution is 2.94. The summed E-state index contributed by atoms with van der Waals surface area (Å²) in [7, 11) is 1.55. The van der Waals surface area contributed by atoms with E-state index >= 15 is 0 Å². The predicted octanol–water partition coefficient (Wildman–Crippen LogP) is 8.28. The van der Waals surface area contributed by atoms with Crippen LogP contribution in [-0.4, -0.2) is 13.1 Å². The van der Waals surface area contributed by atoms with Crippen molar-refractivity contribution < 1.29 is 9.53 Å². The molecule has 18 rings (SSSR count). The molecular weight excluding hydrogens is 681 g/mol. The van der Waals surface area contributed by atoms with Crippen LogP contribution in [0.15, 0.2) is 42.5 Å². The lowest BCUT2D eigenvalue weighted by Gasteiger charge is -2.43. The molecule has 4 aromatic carbocycles. The summed E-state index contributed by atoms with van der Waals surface area (Å²) in [5.41, 5.74) is 28.2. The van der Waals surface area contributed by atoms with Gasteiger partial charge in [0.15, 0.2) is 0 Å². The molecule has 0 aliphatic heterocycles. The van der Waals surface area contributed by atoms with E-state index in [4.69, 9.17) is 4.74 Å². The molecule has 0 N–H and O–H groups in total. The van der Waals surface area contributed by atoms with Crippen molar-refractivity contribution in [3.8, 4) is 22.3 Å². The number of hydrogen-bond acceptors (Lipinski definition) is 2. The first-order valence-electron chi connectivity index (χ1n) is 23.0. The van der Waals surface area contributed by atoms with Gasteiger partial charge in [0.25, 0.3) is 0 Å². The summed E-state index contributed by atoms with van der Waals surface area (Å²) in [4.78, 5) is 12.3. The summed E-state index contributed by atoms with van der Waals surface area (Å²) >= 11 is 0. The van der Waals surface area contributed by atoms with Crippen molar-refractivity contribution in [3.63, 3.8) is 0 Å². The number of hydrogen-bond donors (Lipinski definition) is 0. The highest BCUT2D eigenvalue weighted by molar-refractivity contribution is 6.25. The molecule has 2 heteroatoms. The first-order valence-corrected chi connectivity index (χ1v) is 23.0. The Labute approximate surface area is 326 Å². The van der Waals surface area contributed by atoms with E-state index in [9.17, 15) is 4.79 Å². The zero-order valence-corrected chi connectivity index (χ0v) is 32.2. The standard InChI is InChI=1S/C54H44O2/c1-56-33(55)10-6-3-7-21-52(22-8-4-2-5-9-22)53-31-19-20-32-30-18-16-28-26-14-12-24-23-11-13-25-27-15-17-29(31)40-38(27)43-36(25)34(23)42-35(24)37(26)44-39(28)41(30)51(54(32,52)53)49-47(44)45(42)46(43)48(49)50(40)53/h2,4-5,8-9,11,13,23-26,31-32,34,36H,3,6-7,10,12,14-21H2,1H3. The van der Waals surface area contributed by atoms with E-state index in [1.54, 1.807) is 23.4 Å². The molecule has 2 nitrogen and oxygen atoms in total. The minimum absolute atomic E-state index is 0.0506. The van der Waals surface area contributed by atoms with Crippen LogP contribution in [0.5, 0.6) is 0 Å². The summed E-state index contributed by atoms with van der Waals surface area (Å²) in [6.07, 6.45) is 21.3. The number of esters is 1. The van der Waals surface area contributed by atoms with Crippen LogP contribution in [0, 0.1) is 23.7 Å². The van der Waals surface area contributed by atoms with Crippen molar-refractivity contribution >= 4 is 39.0 Å². The van der Waals surface area contributed by atoms with Crippen LogP contribution in [0.3, 0.4) is 0 Å². The molecule has 2 saturated carbocycles. The summed E-state index contributed by atoms with van der Waals surface area (Å²) in [5.74, 6) is 5.31. The fraction of sp³-hybridized carbons (Fsp3) is 0.463. The molecule has 11 unspecified atom stereocenters. The maximum atomic E-state index is 12.3. The fourth-order valence-corrected chi connectivity index (χ4v) is 20.6. The Balaban J connectivity index is 1.08. The van der Waals surface area contributed by atoms with E-state index in [-0.39, 0.29) is 22.2 Å². The number of benzene rings is 4. The maximum Gasteiger partial charge on any atom is 0.305 e. The third kappa shape index (κ3) is 2.15. The van der Waals surface area contributed by atoms with Gasteiger partial charge in [-0.15, -0.1) is 0 Å².